The van der Waals surface area contributed by atoms with Crippen molar-refractivity contribution in [2.75, 3.05) is 0 Å². The van der Waals surface area contributed by atoms with Gasteiger partial charge in [0.05, 0.1) is 0 Å². The van der Waals surface area contributed by atoms with Crippen LogP contribution in [0.1, 0.15) is 73.6 Å². The second-order valence-corrected chi connectivity index (χ2v) is 6.92. The molecule has 0 aliphatic heterocycles. The zero-order valence-corrected chi connectivity index (χ0v) is 15.5. The summed E-state index contributed by atoms with van der Waals surface area (Å²) in [5.41, 5.74) is 6.16. The molecule has 0 fully saturated rings. The minimum atomic E-state index is 0.370. The average molecular weight is 299 g/mol. The molecule has 0 spiro atoms. The minimum absolute atomic E-state index is 0.370. The molecular weight excluding hydrogens is 264 g/mol. The largest absolute Gasteiger partial charge is 0.0819 e. The van der Waals surface area contributed by atoms with Gasteiger partial charge in [-0.3, -0.25) is 0 Å². The van der Waals surface area contributed by atoms with Crippen molar-refractivity contribution >= 4 is 0 Å². The topological polar surface area (TPSA) is 0 Å². The lowest BCUT2D eigenvalue weighted by Gasteiger charge is -2.35. The van der Waals surface area contributed by atoms with Crippen molar-refractivity contribution in [2.24, 2.45) is 5.41 Å². The van der Waals surface area contributed by atoms with Crippen molar-refractivity contribution in [2.45, 2.75) is 73.6 Å². The summed E-state index contributed by atoms with van der Waals surface area (Å²) in [5.74, 6) is 0. The van der Waals surface area contributed by atoms with Gasteiger partial charge in [-0.1, -0.05) is 73.9 Å². The zero-order valence-electron chi connectivity index (χ0n) is 15.5. The van der Waals surface area contributed by atoms with Crippen molar-refractivity contribution in [1.29, 1.82) is 0 Å². The van der Waals surface area contributed by atoms with Crippen LogP contribution in [0, 0.1) is 5.41 Å². The van der Waals surface area contributed by atoms with Crippen molar-refractivity contribution in [1.82, 2.24) is 0 Å². The standard InChI is InChI=1S/C22H34/c1-7-11-18(3)12-9-13-19(4)15-16-21-20(5)14-10-17-22(21,6)8-2/h9,11-13,15-16H,7-8,10,14,17H2,1-6H3/b12-9+,16-15+,18-11-,19-13+. The molecule has 0 aromatic carbocycles. The van der Waals surface area contributed by atoms with Gasteiger partial charge in [-0.05, 0) is 63.9 Å². The maximum absolute atomic E-state index is 2.42. The molecule has 1 aliphatic carbocycles. The van der Waals surface area contributed by atoms with E-state index in [2.05, 4.69) is 78.0 Å². The van der Waals surface area contributed by atoms with Gasteiger partial charge in [0, 0.05) is 0 Å². The van der Waals surface area contributed by atoms with Gasteiger partial charge in [0.25, 0.3) is 0 Å². The van der Waals surface area contributed by atoms with E-state index in [0.717, 1.165) is 6.42 Å². The van der Waals surface area contributed by atoms with Gasteiger partial charge in [0.15, 0.2) is 0 Å². The molecule has 0 saturated heterocycles. The first-order valence-electron chi connectivity index (χ1n) is 8.83. The monoisotopic (exact) mass is 298 g/mol. The van der Waals surface area contributed by atoms with E-state index < -0.39 is 0 Å². The Kier molecular flexibility index (Phi) is 7.65. The van der Waals surface area contributed by atoms with Crippen molar-refractivity contribution in [3.05, 3.63) is 58.7 Å². The smallest absolute Gasteiger partial charge is 0.00783 e. The summed E-state index contributed by atoms with van der Waals surface area (Å²) < 4.78 is 0. The van der Waals surface area contributed by atoms with E-state index in [0.29, 0.717) is 5.41 Å². The fourth-order valence-electron chi connectivity index (χ4n) is 3.25. The van der Waals surface area contributed by atoms with Crippen LogP contribution in [0.25, 0.3) is 0 Å². The summed E-state index contributed by atoms with van der Waals surface area (Å²) in [6.45, 7) is 13.6. The highest BCUT2D eigenvalue weighted by atomic mass is 14.3. The number of hydrogen-bond donors (Lipinski definition) is 0. The van der Waals surface area contributed by atoms with Crippen molar-refractivity contribution < 1.29 is 0 Å². The first kappa shape index (κ1) is 18.7. The van der Waals surface area contributed by atoms with Crippen LogP contribution in [0.4, 0.5) is 0 Å². The van der Waals surface area contributed by atoms with Gasteiger partial charge in [-0.15, -0.1) is 0 Å². The second kappa shape index (κ2) is 8.98. The van der Waals surface area contributed by atoms with E-state index >= 15 is 0 Å². The number of hydrogen-bond acceptors (Lipinski definition) is 0. The molecular formula is C22H34. The molecule has 0 N–H and O–H groups in total. The average Bonchev–Trinajstić information content (AvgIpc) is 2.47. The van der Waals surface area contributed by atoms with Crippen molar-refractivity contribution in [3.63, 3.8) is 0 Å². The lowest BCUT2D eigenvalue weighted by atomic mass is 9.69. The van der Waals surface area contributed by atoms with E-state index in [1.807, 2.05) is 0 Å². The van der Waals surface area contributed by atoms with Gasteiger partial charge in [0.1, 0.15) is 0 Å². The minimum Gasteiger partial charge on any atom is -0.0819 e. The van der Waals surface area contributed by atoms with Crippen LogP contribution in [0.3, 0.4) is 0 Å². The van der Waals surface area contributed by atoms with Crippen LogP contribution in [-0.4, -0.2) is 0 Å². The number of allylic oxidation sites excluding steroid dienone is 10. The molecule has 22 heavy (non-hydrogen) atoms. The normalized spacial score (nSPS) is 24.8. The number of rotatable bonds is 6. The molecule has 0 saturated carbocycles. The van der Waals surface area contributed by atoms with Gasteiger partial charge >= 0.3 is 0 Å². The Hall–Kier alpha value is -1.30. The summed E-state index contributed by atoms with van der Waals surface area (Å²) in [6.07, 6.45) is 19.7. The van der Waals surface area contributed by atoms with Crippen LogP contribution in [-0.2, 0) is 0 Å². The third-order valence-electron chi connectivity index (χ3n) is 4.93. The molecule has 0 aromatic rings. The molecule has 0 nitrogen and oxygen atoms in total. The summed E-state index contributed by atoms with van der Waals surface area (Å²) in [4.78, 5) is 0. The molecule has 122 valence electrons. The highest BCUT2D eigenvalue weighted by Crippen LogP contribution is 2.43. The summed E-state index contributed by atoms with van der Waals surface area (Å²) in [7, 11) is 0. The maximum Gasteiger partial charge on any atom is -0.00783 e. The Bertz CT molecular complexity index is 508. The maximum atomic E-state index is 2.42. The van der Waals surface area contributed by atoms with Crippen LogP contribution >= 0.6 is 0 Å². The molecule has 1 atom stereocenters. The Morgan fingerprint density at radius 3 is 2.50 bits per heavy atom. The molecule has 0 heteroatoms. The van der Waals surface area contributed by atoms with E-state index in [9.17, 15) is 0 Å². The highest BCUT2D eigenvalue weighted by Gasteiger charge is 2.29. The molecule has 0 aromatic heterocycles. The highest BCUT2D eigenvalue weighted by molar-refractivity contribution is 5.37. The Morgan fingerprint density at radius 2 is 1.86 bits per heavy atom. The molecule has 1 aliphatic rings. The molecule has 1 rings (SSSR count). The van der Waals surface area contributed by atoms with Crippen molar-refractivity contribution in [3.8, 4) is 0 Å². The van der Waals surface area contributed by atoms with Gasteiger partial charge < -0.3 is 0 Å². The fourth-order valence-corrected chi connectivity index (χ4v) is 3.25. The van der Waals surface area contributed by atoms with Crippen LogP contribution in [0.15, 0.2) is 58.7 Å². The van der Waals surface area contributed by atoms with Gasteiger partial charge in [0.2, 0.25) is 0 Å². The van der Waals surface area contributed by atoms with E-state index in [1.165, 1.54) is 36.8 Å². The third-order valence-corrected chi connectivity index (χ3v) is 4.93. The van der Waals surface area contributed by atoms with Crippen LogP contribution < -0.4 is 0 Å². The summed E-state index contributed by atoms with van der Waals surface area (Å²) in [5, 5.41) is 0. The predicted octanol–water partition coefficient (Wildman–Crippen LogP) is 7.32. The predicted molar refractivity (Wildman–Crippen MR) is 101 cm³/mol. The second-order valence-electron chi connectivity index (χ2n) is 6.92. The summed E-state index contributed by atoms with van der Waals surface area (Å²) in [6, 6.07) is 0. The quantitative estimate of drug-likeness (QED) is 0.451. The Balaban J connectivity index is 2.84. The lowest BCUT2D eigenvalue weighted by molar-refractivity contribution is 0.327. The zero-order chi connectivity index (χ0) is 16.6. The molecule has 0 radical (unpaired) electrons. The first-order chi connectivity index (χ1) is 10.4. The lowest BCUT2D eigenvalue weighted by Crippen LogP contribution is -2.22. The van der Waals surface area contributed by atoms with Crippen LogP contribution in [0.2, 0.25) is 0 Å². The molecule has 0 heterocycles. The van der Waals surface area contributed by atoms with E-state index in [1.54, 1.807) is 11.1 Å². The molecule has 0 bridgehead atoms. The third kappa shape index (κ3) is 5.48. The Labute approximate surface area is 138 Å². The first-order valence-corrected chi connectivity index (χ1v) is 8.83. The van der Waals surface area contributed by atoms with Gasteiger partial charge in [-0.25, -0.2) is 0 Å². The van der Waals surface area contributed by atoms with Crippen LogP contribution in [0.5, 0.6) is 0 Å². The Morgan fingerprint density at radius 1 is 1.14 bits per heavy atom. The fraction of sp³-hybridized carbons (Fsp3) is 0.545. The molecule has 0 amide bonds. The van der Waals surface area contributed by atoms with E-state index in [-0.39, 0.29) is 0 Å². The molecule has 1 unspecified atom stereocenters. The van der Waals surface area contributed by atoms with Gasteiger partial charge in [-0.2, -0.15) is 0 Å². The van der Waals surface area contributed by atoms with E-state index in [4.69, 9.17) is 0 Å². The summed E-state index contributed by atoms with van der Waals surface area (Å²) >= 11 is 0. The SMILES string of the molecule is CC\C=C(C)/C=C/C=C(C)/C=C/C1=C(C)CCCC1(C)CC.